The Bertz CT molecular complexity index is 1000. The first kappa shape index (κ1) is 22.8. The molecule has 3 rings (SSSR count). The average Bonchev–Trinajstić information content (AvgIpc) is 3.12. The molecule has 0 radical (unpaired) electrons. The fourth-order valence-electron chi connectivity index (χ4n) is 2.69. The Morgan fingerprint density at radius 3 is 2.29 bits per heavy atom. The topological polar surface area (TPSA) is 61.2 Å². The summed E-state index contributed by atoms with van der Waals surface area (Å²) < 4.78 is 40.6. The number of nitrogens with one attached hydrogen (secondary N) is 1. The van der Waals surface area contributed by atoms with E-state index in [4.69, 9.17) is 9.47 Å². The number of hydrogen-bond acceptors (Lipinski definition) is 5. The van der Waals surface area contributed by atoms with Gasteiger partial charge in [0.15, 0.2) is 13.7 Å². The third-order valence-corrected chi connectivity index (χ3v) is 4.96. The van der Waals surface area contributed by atoms with Crippen LogP contribution >= 0.6 is 0 Å². The number of halogens is 2. The number of anilines is 1. The first-order chi connectivity index (χ1) is 14.6. The third-order valence-electron chi connectivity index (χ3n) is 4.96. The van der Waals surface area contributed by atoms with Crippen LogP contribution in [0.4, 0.5) is 14.7 Å². The van der Waals surface area contributed by atoms with Crippen LogP contribution in [0.2, 0.25) is 0 Å². The van der Waals surface area contributed by atoms with Gasteiger partial charge in [-0.1, -0.05) is 29.8 Å². The second-order valence-electron chi connectivity index (χ2n) is 7.94. The summed E-state index contributed by atoms with van der Waals surface area (Å²) in [4.78, 5) is 4.62. The fraction of sp³-hybridized carbons (Fsp3) is 0.333. The molecule has 10 heteroatoms. The number of nitrogens with zero attached hydrogens (tertiary/aromatic N) is 3. The van der Waals surface area contributed by atoms with E-state index in [9.17, 15) is 8.78 Å². The summed E-state index contributed by atoms with van der Waals surface area (Å²) in [5.74, 6) is -1.14. The van der Waals surface area contributed by atoms with Gasteiger partial charge >= 0.3 is 0 Å². The molecule has 162 valence electrons. The van der Waals surface area contributed by atoms with Crippen LogP contribution in [0.5, 0.6) is 5.75 Å². The first-order valence-electron chi connectivity index (χ1n) is 10.0. The normalized spacial score (nSPS) is 15.1. The lowest BCUT2D eigenvalue weighted by molar-refractivity contribution is -0.0619. The number of aryl methyl sites for hydroxylation is 1. The molecule has 0 amide bonds. The smallest absolute Gasteiger partial charge is 0.229 e. The molecule has 0 saturated heterocycles. The van der Waals surface area contributed by atoms with Crippen molar-refractivity contribution in [3.63, 3.8) is 0 Å². The molecule has 3 aromatic rings. The number of alkyl halides is 2. The van der Waals surface area contributed by atoms with E-state index in [1.807, 2.05) is 31.2 Å². The van der Waals surface area contributed by atoms with E-state index in [1.165, 1.54) is 0 Å². The minimum absolute atomic E-state index is 0.215. The van der Waals surface area contributed by atoms with Crippen LogP contribution in [0.1, 0.15) is 12.5 Å². The summed E-state index contributed by atoms with van der Waals surface area (Å²) in [6, 6.07) is 14.5. The lowest BCUT2D eigenvalue weighted by Gasteiger charge is -2.32. The highest BCUT2D eigenvalue weighted by atomic mass is 19.2. The maximum atomic E-state index is 14.5. The molecule has 0 aliphatic carbocycles. The van der Waals surface area contributed by atoms with E-state index in [0.717, 1.165) is 33.7 Å². The minimum Gasteiger partial charge on any atom is -0.464 e. The van der Waals surface area contributed by atoms with Crippen LogP contribution in [0.25, 0.3) is 17.1 Å². The van der Waals surface area contributed by atoms with E-state index in [2.05, 4.69) is 15.4 Å². The molecule has 6 nitrogen and oxygen atoms in total. The van der Waals surface area contributed by atoms with Gasteiger partial charge in [-0.2, -0.15) is 9.67 Å². The zero-order valence-corrected chi connectivity index (χ0v) is 18.4. The Kier molecular flexibility index (Phi) is 6.69. The van der Waals surface area contributed by atoms with Gasteiger partial charge in [-0.15, -0.1) is 5.10 Å². The molecule has 1 N–H and O–H groups in total. The fourth-order valence-corrected chi connectivity index (χ4v) is 2.69. The number of methoxy groups -OCH3 is 1. The molecule has 0 aliphatic rings. The molecule has 0 aliphatic heterocycles. The predicted molar refractivity (Wildman–Crippen MR) is 123 cm³/mol. The van der Waals surface area contributed by atoms with Gasteiger partial charge in [-0.25, -0.2) is 8.78 Å². The second-order valence-corrected chi connectivity index (χ2v) is 7.94. The van der Waals surface area contributed by atoms with E-state index in [1.54, 1.807) is 36.1 Å². The van der Waals surface area contributed by atoms with Gasteiger partial charge in [0, 0.05) is 19.2 Å². The van der Waals surface area contributed by atoms with Crippen LogP contribution in [0, 0.1) is 6.92 Å². The van der Waals surface area contributed by atoms with Crippen molar-refractivity contribution in [2.75, 3.05) is 25.6 Å². The number of hydrogen-bond donors (Lipinski definition) is 1. The SMILES string of the molecule is BC(C)(F)C(B)(F)Oc1ccc(-n2nc(-c3ccc(C)cc3)nc2NCCOC)cc1. The molecule has 0 spiro atoms. The monoisotopic (exact) mass is 426 g/mol. The van der Waals surface area contributed by atoms with Crippen molar-refractivity contribution < 1.29 is 18.3 Å². The van der Waals surface area contributed by atoms with E-state index < -0.39 is 11.3 Å². The molecule has 0 bridgehead atoms. The molecule has 31 heavy (non-hydrogen) atoms. The molecular formula is C21H26B2F2N4O2. The van der Waals surface area contributed by atoms with Gasteiger partial charge in [-0.3, -0.25) is 0 Å². The Balaban J connectivity index is 1.90. The van der Waals surface area contributed by atoms with Crippen LogP contribution in [-0.4, -0.2) is 62.0 Å². The van der Waals surface area contributed by atoms with Crippen LogP contribution < -0.4 is 10.1 Å². The van der Waals surface area contributed by atoms with E-state index >= 15 is 0 Å². The maximum absolute atomic E-state index is 14.5. The first-order valence-corrected chi connectivity index (χ1v) is 10.0. The highest BCUT2D eigenvalue weighted by Crippen LogP contribution is 2.29. The Hall–Kier alpha value is -2.87. The summed E-state index contributed by atoms with van der Waals surface area (Å²) in [5, 5.41) is 7.84. The Morgan fingerprint density at radius 1 is 1.06 bits per heavy atom. The standard InChI is InChI=1S/C21H26B2F2N4O2/c1-14-4-6-15(7-5-14)18-27-19(26-12-13-30-3)29(28-18)16-8-10-17(11-9-16)31-21(23,25)20(2,22)24/h4-11H,12-13,22-23H2,1-3H3,(H,26,27,28). The number of benzene rings is 2. The summed E-state index contributed by atoms with van der Waals surface area (Å²) in [6.07, 6.45) is 0. The van der Waals surface area contributed by atoms with Crippen molar-refractivity contribution in [2.24, 2.45) is 0 Å². The highest BCUT2D eigenvalue weighted by molar-refractivity contribution is 6.24. The largest absolute Gasteiger partial charge is 0.464 e. The summed E-state index contributed by atoms with van der Waals surface area (Å²) in [6.45, 7) is 4.22. The molecule has 2 unspecified atom stereocenters. The van der Waals surface area contributed by atoms with Gasteiger partial charge < -0.3 is 14.8 Å². The molecule has 2 aromatic carbocycles. The summed E-state index contributed by atoms with van der Waals surface area (Å²) >= 11 is 0. The Morgan fingerprint density at radius 2 is 1.71 bits per heavy atom. The average molecular weight is 426 g/mol. The summed E-state index contributed by atoms with van der Waals surface area (Å²) in [7, 11) is 3.84. The van der Waals surface area contributed by atoms with Crippen LogP contribution in [-0.2, 0) is 4.74 Å². The van der Waals surface area contributed by atoms with Gasteiger partial charge in [0.1, 0.15) is 11.3 Å². The van der Waals surface area contributed by atoms with Crippen molar-refractivity contribution >= 4 is 21.6 Å². The van der Waals surface area contributed by atoms with Crippen molar-refractivity contribution in [1.29, 1.82) is 0 Å². The quantitative estimate of drug-likeness (QED) is 0.421. The molecule has 2 atom stereocenters. The van der Waals surface area contributed by atoms with Gasteiger partial charge in [-0.05, 0) is 38.1 Å². The summed E-state index contributed by atoms with van der Waals surface area (Å²) in [5.41, 5.74) is 0.572. The number of aromatic nitrogens is 3. The van der Waals surface area contributed by atoms with Crippen LogP contribution in [0.3, 0.4) is 0 Å². The minimum atomic E-state index is -2.47. The lowest BCUT2D eigenvalue weighted by atomic mass is 9.70. The van der Waals surface area contributed by atoms with Crippen molar-refractivity contribution in [3.8, 4) is 22.8 Å². The Labute approximate surface area is 182 Å². The van der Waals surface area contributed by atoms with Crippen molar-refractivity contribution in [1.82, 2.24) is 14.8 Å². The molecular weight excluding hydrogens is 400 g/mol. The molecule has 0 saturated carbocycles. The maximum Gasteiger partial charge on any atom is 0.229 e. The van der Waals surface area contributed by atoms with Gasteiger partial charge in [0.25, 0.3) is 0 Å². The van der Waals surface area contributed by atoms with E-state index in [0.29, 0.717) is 30.6 Å². The van der Waals surface area contributed by atoms with Gasteiger partial charge in [0.2, 0.25) is 19.5 Å². The third kappa shape index (κ3) is 5.44. The van der Waals surface area contributed by atoms with Crippen molar-refractivity contribution in [3.05, 3.63) is 54.1 Å². The number of rotatable bonds is 9. The molecule has 1 aromatic heterocycles. The second kappa shape index (κ2) is 9.09. The lowest BCUT2D eigenvalue weighted by Crippen LogP contribution is -2.51. The highest BCUT2D eigenvalue weighted by Gasteiger charge is 2.43. The predicted octanol–water partition coefficient (Wildman–Crippen LogP) is 2.26. The molecule has 1 heterocycles. The zero-order valence-electron chi connectivity index (χ0n) is 18.4. The molecule has 0 fully saturated rings. The van der Waals surface area contributed by atoms with Crippen molar-refractivity contribution in [2.45, 2.75) is 25.2 Å². The van der Waals surface area contributed by atoms with E-state index in [-0.39, 0.29) is 5.75 Å². The number of ether oxygens (including phenoxy) is 2. The van der Waals surface area contributed by atoms with Gasteiger partial charge in [0.05, 0.1) is 12.3 Å². The zero-order chi connectivity index (χ0) is 22.6. The van der Waals surface area contributed by atoms with Crippen LogP contribution in [0.15, 0.2) is 48.5 Å².